The topological polar surface area (TPSA) is 85.3 Å². The first kappa shape index (κ1) is 13.8. The lowest BCUT2D eigenvalue weighted by atomic mass is 9.85. The minimum absolute atomic E-state index is 0.0731. The molecule has 0 unspecified atom stereocenters. The average Bonchev–Trinajstić information content (AvgIpc) is 2.88. The Hall–Kier alpha value is -2.89. The van der Waals surface area contributed by atoms with Crippen LogP contribution in [-0.2, 0) is 4.79 Å². The number of nitrogens with one attached hydrogen (secondary N) is 1. The molecule has 116 valence electrons. The molecule has 0 atom stereocenters. The van der Waals surface area contributed by atoms with Gasteiger partial charge in [-0.3, -0.25) is 14.2 Å². The second kappa shape index (κ2) is 5.39. The molecule has 0 saturated heterocycles. The summed E-state index contributed by atoms with van der Waals surface area (Å²) in [5.74, 6) is 0.888. The van der Waals surface area contributed by atoms with Crippen LogP contribution in [0.1, 0.15) is 19.3 Å². The SMILES string of the molecule is Nc1ccc(-c2cn3c(NC(=O)C4CCC4)cnc3cn2)cc1. The number of carbonyl (C=O) groups excluding carboxylic acids is 1. The summed E-state index contributed by atoms with van der Waals surface area (Å²) in [7, 11) is 0. The summed E-state index contributed by atoms with van der Waals surface area (Å²) < 4.78 is 1.86. The first-order valence-electron chi connectivity index (χ1n) is 7.70. The summed E-state index contributed by atoms with van der Waals surface area (Å²) in [6, 6.07) is 7.53. The lowest BCUT2D eigenvalue weighted by molar-refractivity contribution is -0.122. The van der Waals surface area contributed by atoms with E-state index in [1.165, 1.54) is 0 Å². The molecule has 23 heavy (non-hydrogen) atoms. The van der Waals surface area contributed by atoms with E-state index in [-0.39, 0.29) is 11.8 Å². The lowest BCUT2D eigenvalue weighted by Crippen LogP contribution is -2.28. The van der Waals surface area contributed by atoms with Crippen molar-refractivity contribution in [1.29, 1.82) is 0 Å². The zero-order chi connectivity index (χ0) is 15.8. The number of anilines is 2. The standard InChI is InChI=1S/C17H17N5O/c18-13-6-4-11(5-7-13)14-10-22-15(8-19-14)20-9-16(22)21-17(23)12-2-1-3-12/h4-10,12H,1-3,18H2,(H,21,23). The molecule has 1 saturated carbocycles. The Bertz CT molecular complexity index is 864. The zero-order valence-corrected chi connectivity index (χ0v) is 12.6. The molecule has 3 N–H and O–H groups in total. The molecule has 0 radical (unpaired) electrons. The van der Waals surface area contributed by atoms with Crippen molar-refractivity contribution >= 4 is 23.1 Å². The number of carbonyl (C=O) groups is 1. The zero-order valence-electron chi connectivity index (χ0n) is 12.6. The Balaban J connectivity index is 1.68. The minimum Gasteiger partial charge on any atom is -0.399 e. The number of imidazole rings is 1. The number of hydrogen-bond acceptors (Lipinski definition) is 4. The van der Waals surface area contributed by atoms with Crippen LogP contribution in [0.5, 0.6) is 0 Å². The highest BCUT2D eigenvalue weighted by Crippen LogP contribution is 2.28. The van der Waals surface area contributed by atoms with Crippen molar-refractivity contribution in [2.45, 2.75) is 19.3 Å². The van der Waals surface area contributed by atoms with Crippen molar-refractivity contribution < 1.29 is 4.79 Å². The molecule has 1 fully saturated rings. The Kier molecular flexibility index (Phi) is 3.22. The number of nitrogen functional groups attached to an aromatic ring is 1. The van der Waals surface area contributed by atoms with E-state index >= 15 is 0 Å². The quantitative estimate of drug-likeness (QED) is 0.729. The van der Waals surface area contributed by atoms with Crippen LogP contribution in [0.3, 0.4) is 0 Å². The molecule has 2 aromatic heterocycles. The van der Waals surface area contributed by atoms with Crippen LogP contribution in [0, 0.1) is 5.92 Å². The van der Waals surface area contributed by atoms with Gasteiger partial charge < -0.3 is 11.1 Å². The second-order valence-corrected chi connectivity index (χ2v) is 5.88. The highest BCUT2D eigenvalue weighted by Gasteiger charge is 2.25. The van der Waals surface area contributed by atoms with Gasteiger partial charge in [0.15, 0.2) is 5.65 Å². The molecular weight excluding hydrogens is 290 g/mol. The predicted octanol–water partition coefficient (Wildman–Crippen LogP) is 2.72. The number of fused-ring (bicyclic) bond motifs is 1. The molecule has 0 bridgehead atoms. The highest BCUT2D eigenvalue weighted by atomic mass is 16.2. The maximum absolute atomic E-state index is 12.1. The number of benzene rings is 1. The Morgan fingerprint density at radius 2 is 1.96 bits per heavy atom. The van der Waals surface area contributed by atoms with Crippen molar-refractivity contribution in [1.82, 2.24) is 14.4 Å². The number of nitrogens with zero attached hydrogens (tertiary/aromatic N) is 3. The average molecular weight is 307 g/mol. The van der Waals surface area contributed by atoms with Gasteiger partial charge in [0.25, 0.3) is 0 Å². The fourth-order valence-electron chi connectivity index (χ4n) is 2.68. The first-order chi connectivity index (χ1) is 11.2. The number of amides is 1. The van der Waals surface area contributed by atoms with Crippen LogP contribution >= 0.6 is 0 Å². The molecule has 1 amide bonds. The number of hydrogen-bond donors (Lipinski definition) is 2. The van der Waals surface area contributed by atoms with Gasteiger partial charge in [-0.1, -0.05) is 18.6 Å². The van der Waals surface area contributed by atoms with E-state index in [1.807, 2.05) is 34.9 Å². The van der Waals surface area contributed by atoms with E-state index in [2.05, 4.69) is 15.3 Å². The molecule has 4 rings (SSSR count). The summed E-state index contributed by atoms with van der Waals surface area (Å²) in [6.45, 7) is 0. The van der Waals surface area contributed by atoms with E-state index in [4.69, 9.17) is 5.73 Å². The van der Waals surface area contributed by atoms with Gasteiger partial charge in [-0.25, -0.2) is 4.98 Å². The molecule has 1 aliphatic rings. The van der Waals surface area contributed by atoms with Gasteiger partial charge in [0.05, 0.1) is 18.1 Å². The maximum Gasteiger partial charge on any atom is 0.228 e. The van der Waals surface area contributed by atoms with Gasteiger partial charge in [-0.05, 0) is 25.0 Å². The summed E-state index contributed by atoms with van der Waals surface area (Å²) in [4.78, 5) is 20.9. The van der Waals surface area contributed by atoms with E-state index in [0.29, 0.717) is 17.2 Å². The molecule has 0 spiro atoms. The minimum atomic E-state index is 0.0731. The molecule has 3 aromatic rings. The van der Waals surface area contributed by atoms with E-state index in [9.17, 15) is 4.79 Å². The van der Waals surface area contributed by atoms with Crippen molar-refractivity contribution in [3.63, 3.8) is 0 Å². The van der Waals surface area contributed by atoms with Crippen molar-refractivity contribution in [3.8, 4) is 11.3 Å². The normalized spacial score (nSPS) is 14.6. The predicted molar refractivity (Wildman–Crippen MR) is 88.8 cm³/mol. The Morgan fingerprint density at radius 3 is 2.65 bits per heavy atom. The van der Waals surface area contributed by atoms with Crippen molar-refractivity contribution in [3.05, 3.63) is 42.9 Å². The van der Waals surface area contributed by atoms with Crippen LogP contribution in [0.15, 0.2) is 42.9 Å². The largest absolute Gasteiger partial charge is 0.399 e. The van der Waals surface area contributed by atoms with Gasteiger partial charge in [0.2, 0.25) is 5.91 Å². The number of nitrogens with two attached hydrogens (primary N) is 1. The summed E-state index contributed by atoms with van der Waals surface area (Å²) in [5.41, 5.74) is 8.90. The van der Waals surface area contributed by atoms with Gasteiger partial charge >= 0.3 is 0 Å². The molecule has 6 heteroatoms. The van der Waals surface area contributed by atoms with Crippen LogP contribution in [-0.4, -0.2) is 20.3 Å². The summed E-state index contributed by atoms with van der Waals surface area (Å²) >= 11 is 0. The fourth-order valence-corrected chi connectivity index (χ4v) is 2.68. The highest BCUT2D eigenvalue weighted by molar-refractivity contribution is 5.92. The molecule has 2 heterocycles. The van der Waals surface area contributed by atoms with Gasteiger partial charge in [0, 0.05) is 23.4 Å². The number of rotatable bonds is 3. The monoisotopic (exact) mass is 307 g/mol. The molecule has 1 aliphatic carbocycles. The Morgan fingerprint density at radius 1 is 1.17 bits per heavy atom. The molecule has 0 aliphatic heterocycles. The summed E-state index contributed by atoms with van der Waals surface area (Å²) in [6.07, 6.45) is 8.33. The molecular formula is C17H17N5O. The van der Waals surface area contributed by atoms with Gasteiger partial charge in [0.1, 0.15) is 5.82 Å². The van der Waals surface area contributed by atoms with E-state index < -0.39 is 0 Å². The third-order valence-electron chi connectivity index (χ3n) is 4.33. The third kappa shape index (κ3) is 2.52. The lowest BCUT2D eigenvalue weighted by Gasteiger charge is -2.23. The Labute approximate surface area is 133 Å². The van der Waals surface area contributed by atoms with E-state index in [0.717, 1.165) is 30.5 Å². The van der Waals surface area contributed by atoms with Crippen molar-refractivity contribution in [2.24, 2.45) is 5.92 Å². The van der Waals surface area contributed by atoms with Gasteiger partial charge in [-0.15, -0.1) is 0 Å². The summed E-state index contributed by atoms with van der Waals surface area (Å²) in [5, 5.41) is 2.97. The van der Waals surface area contributed by atoms with Crippen LogP contribution in [0.2, 0.25) is 0 Å². The second-order valence-electron chi connectivity index (χ2n) is 5.88. The van der Waals surface area contributed by atoms with Crippen LogP contribution in [0.4, 0.5) is 11.5 Å². The number of aromatic nitrogens is 3. The van der Waals surface area contributed by atoms with Crippen LogP contribution < -0.4 is 11.1 Å². The first-order valence-corrected chi connectivity index (χ1v) is 7.70. The van der Waals surface area contributed by atoms with Gasteiger partial charge in [-0.2, -0.15) is 0 Å². The maximum atomic E-state index is 12.1. The molecule has 1 aromatic carbocycles. The van der Waals surface area contributed by atoms with Crippen molar-refractivity contribution in [2.75, 3.05) is 11.1 Å². The fraction of sp³-hybridized carbons (Fsp3) is 0.235. The molecule has 6 nitrogen and oxygen atoms in total. The third-order valence-corrected chi connectivity index (χ3v) is 4.33. The van der Waals surface area contributed by atoms with Crippen LogP contribution in [0.25, 0.3) is 16.9 Å². The smallest absolute Gasteiger partial charge is 0.228 e. The van der Waals surface area contributed by atoms with E-state index in [1.54, 1.807) is 12.4 Å².